The van der Waals surface area contributed by atoms with Crippen molar-refractivity contribution in [2.24, 2.45) is 0 Å². The van der Waals surface area contributed by atoms with Crippen LogP contribution in [0.15, 0.2) is 41.0 Å². The van der Waals surface area contributed by atoms with Gasteiger partial charge in [0.1, 0.15) is 0 Å². The predicted octanol–water partition coefficient (Wildman–Crippen LogP) is -0.115. The van der Waals surface area contributed by atoms with Crippen molar-refractivity contribution in [2.75, 3.05) is 0 Å². The molecule has 0 atom stereocenters. The topological polar surface area (TPSA) is 0 Å². The molecule has 2 aliphatic carbocycles. The standard InChI is InChI=1S/2C9H13.2ClH.Zr/c2*1-3-5-9-7-4-6-8(9)2;;;/h2*6H,3-5H2,1-2H3;2*1H;/q;;;;+2/p-2. The molecule has 0 aliphatic heterocycles. The fraction of sp³-hybridized carbons (Fsp3) is 0.556. The van der Waals surface area contributed by atoms with E-state index in [0.29, 0.717) is 0 Å². The summed E-state index contributed by atoms with van der Waals surface area (Å²) < 4.78 is 3.74. The Hall–Kier alpha value is 0.423. The SMILES string of the molecule is CCCC1=[C]([Zr+2][C]2=C(CCC)C(C)=CC2)CC=C1C.[Cl-].[Cl-]. The molecule has 2 rings (SSSR count). The van der Waals surface area contributed by atoms with Gasteiger partial charge in [-0.05, 0) is 0 Å². The van der Waals surface area contributed by atoms with Crippen molar-refractivity contribution < 1.29 is 48.0 Å². The summed E-state index contributed by atoms with van der Waals surface area (Å²) in [5.41, 5.74) is 6.64. The van der Waals surface area contributed by atoms with Gasteiger partial charge in [0.25, 0.3) is 0 Å². The summed E-state index contributed by atoms with van der Waals surface area (Å²) >= 11 is -0.495. The Bertz CT molecular complexity index is 437. The first-order valence-corrected chi connectivity index (χ1v) is 10.2. The smallest absolute Gasteiger partial charge is 1.00 e. The Morgan fingerprint density at radius 1 is 0.810 bits per heavy atom. The quantitative estimate of drug-likeness (QED) is 0.580. The normalized spacial score (nSPS) is 17.1. The van der Waals surface area contributed by atoms with Crippen LogP contribution in [0.1, 0.15) is 66.2 Å². The van der Waals surface area contributed by atoms with Crippen LogP contribution in [-0.2, 0) is 23.2 Å². The number of halogens is 2. The van der Waals surface area contributed by atoms with Gasteiger partial charge in [-0.2, -0.15) is 0 Å². The van der Waals surface area contributed by atoms with Crippen molar-refractivity contribution in [2.45, 2.75) is 66.2 Å². The average molecular weight is 405 g/mol. The summed E-state index contributed by atoms with van der Waals surface area (Å²) in [5, 5.41) is 0. The maximum Gasteiger partial charge on any atom is -1.00 e. The van der Waals surface area contributed by atoms with Gasteiger partial charge >= 0.3 is 130 Å². The zero-order valence-electron chi connectivity index (χ0n) is 13.7. The first-order valence-electron chi connectivity index (χ1n) is 7.72. The third-order valence-electron chi connectivity index (χ3n) is 4.21. The molecule has 0 spiro atoms. The molecule has 116 valence electrons. The van der Waals surface area contributed by atoms with Crippen LogP contribution in [0.3, 0.4) is 0 Å². The minimum absolute atomic E-state index is 0. The monoisotopic (exact) mass is 402 g/mol. The Balaban J connectivity index is 0.00000200. The van der Waals surface area contributed by atoms with Crippen LogP contribution in [0.25, 0.3) is 0 Å². The molecule has 21 heavy (non-hydrogen) atoms. The fourth-order valence-corrected chi connectivity index (χ4v) is 7.33. The van der Waals surface area contributed by atoms with E-state index >= 15 is 0 Å². The van der Waals surface area contributed by atoms with Gasteiger partial charge in [0.2, 0.25) is 0 Å². The van der Waals surface area contributed by atoms with Crippen molar-refractivity contribution in [1.82, 2.24) is 0 Å². The second-order valence-corrected chi connectivity index (χ2v) is 9.30. The van der Waals surface area contributed by atoms with Gasteiger partial charge in [-0.1, -0.05) is 0 Å². The molecular weight excluding hydrogens is 378 g/mol. The molecule has 0 N–H and O–H groups in total. The summed E-state index contributed by atoms with van der Waals surface area (Å²) in [5.74, 6) is 0. The molecule has 0 nitrogen and oxygen atoms in total. The Morgan fingerprint density at radius 2 is 1.19 bits per heavy atom. The third kappa shape index (κ3) is 5.23. The van der Waals surface area contributed by atoms with Crippen LogP contribution in [0.4, 0.5) is 0 Å². The van der Waals surface area contributed by atoms with Crippen LogP contribution in [-0.4, -0.2) is 0 Å². The van der Waals surface area contributed by atoms with Crippen LogP contribution < -0.4 is 24.8 Å². The molecule has 0 unspecified atom stereocenters. The van der Waals surface area contributed by atoms with Crippen molar-refractivity contribution in [3.8, 4) is 0 Å². The average Bonchev–Trinajstić information content (AvgIpc) is 2.90. The van der Waals surface area contributed by atoms with E-state index in [0.717, 1.165) is 0 Å². The van der Waals surface area contributed by atoms with E-state index in [9.17, 15) is 0 Å². The fourth-order valence-electron chi connectivity index (χ4n) is 3.11. The summed E-state index contributed by atoms with van der Waals surface area (Å²) in [6.07, 6.45) is 12.7. The molecule has 0 aromatic carbocycles. The first-order chi connectivity index (χ1) is 9.17. The van der Waals surface area contributed by atoms with Crippen LogP contribution in [0.5, 0.6) is 0 Å². The van der Waals surface area contributed by atoms with Crippen LogP contribution in [0, 0.1) is 0 Å². The molecular formula is C18H26Cl2Zr. The summed E-state index contributed by atoms with van der Waals surface area (Å²) in [4.78, 5) is 0. The molecule has 0 fully saturated rings. The second-order valence-electron chi connectivity index (χ2n) is 5.72. The molecule has 0 amide bonds. The van der Waals surface area contributed by atoms with E-state index in [1.165, 1.54) is 38.5 Å². The van der Waals surface area contributed by atoms with Gasteiger partial charge in [-0.25, -0.2) is 0 Å². The number of hydrogen-bond acceptors (Lipinski definition) is 0. The van der Waals surface area contributed by atoms with E-state index in [2.05, 4.69) is 39.8 Å². The van der Waals surface area contributed by atoms with E-state index in [1.807, 2.05) is 6.56 Å². The second kappa shape index (κ2) is 10.2. The maximum atomic E-state index is 2.47. The minimum atomic E-state index is -0.495. The van der Waals surface area contributed by atoms with E-state index < -0.39 is 23.2 Å². The van der Waals surface area contributed by atoms with E-state index in [4.69, 9.17) is 0 Å². The number of allylic oxidation sites excluding steroid dienone is 8. The molecule has 0 aromatic heterocycles. The van der Waals surface area contributed by atoms with E-state index in [1.54, 1.807) is 22.3 Å². The summed E-state index contributed by atoms with van der Waals surface area (Å²) in [6, 6.07) is 0. The zero-order valence-corrected chi connectivity index (χ0v) is 17.6. The van der Waals surface area contributed by atoms with Gasteiger partial charge in [0.15, 0.2) is 0 Å². The molecule has 0 saturated carbocycles. The molecule has 2 aliphatic rings. The van der Waals surface area contributed by atoms with Crippen molar-refractivity contribution in [3.05, 3.63) is 41.0 Å². The van der Waals surface area contributed by atoms with Crippen molar-refractivity contribution in [1.29, 1.82) is 0 Å². The van der Waals surface area contributed by atoms with Gasteiger partial charge in [-0.3, -0.25) is 0 Å². The van der Waals surface area contributed by atoms with Gasteiger partial charge in [0.05, 0.1) is 0 Å². The van der Waals surface area contributed by atoms with Crippen molar-refractivity contribution >= 4 is 0 Å². The number of hydrogen-bond donors (Lipinski definition) is 0. The van der Waals surface area contributed by atoms with Crippen LogP contribution in [0.2, 0.25) is 0 Å². The first kappa shape index (κ1) is 21.4. The third-order valence-corrected chi connectivity index (χ3v) is 8.18. The van der Waals surface area contributed by atoms with Gasteiger partial charge in [-0.15, -0.1) is 0 Å². The maximum absolute atomic E-state index is 2.47. The molecule has 0 heterocycles. The van der Waals surface area contributed by atoms with Gasteiger partial charge < -0.3 is 24.8 Å². The van der Waals surface area contributed by atoms with Gasteiger partial charge in [0, 0.05) is 0 Å². The Labute approximate surface area is 154 Å². The largest absolute Gasteiger partial charge is 1.00 e. The Kier molecular flexibility index (Phi) is 10.5. The molecule has 3 heteroatoms. The minimum Gasteiger partial charge on any atom is -1.00 e. The van der Waals surface area contributed by atoms with E-state index in [-0.39, 0.29) is 24.8 Å². The molecule has 0 aromatic rings. The molecule has 0 saturated heterocycles. The summed E-state index contributed by atoms with van der Waals surface area (Å²) in [7, 11) is 0. The van der Waals surface area contributed by atoms with Crippen molar-refractivity contribution in [3.63, 3.8) is 0 Å². The molecule has 0 bridgehead atoms. The predicted molar refractivity (Wildman–Crippen MR) is 80.6 cm³/mol. The van der Waals surface area contributed by atoms with Crippen LogP contribution >= 0.6 is 0 Å². The number of rotatable bonds is 6. The zero-order chi connectivity index (χ0) is 13.8. The Morgan fingerprint density at radius 3 is 1.52 bits per heavy atom. The molecule has 0 radical (unpaired) electrons. The summed E-state index contributed by atoms with van der Waals surface area (Å²) in [6.45, 7) is 9.25.